The lowest BCUT2D eigenvalue weighted by atomic mass is 10.00. The first-order valence-electron chi connectivity index (χ1n) is 10.7. The van der Waals surface area contributed by atoms with E-state index in [0.717, 1.165) is 35.7 Å². The van der Waals surface area contributed by atoms with E-state index in [2.05, 4.69) is 85.3 Å². The molecule has 0 saturated carbocycles. The highest BCUT2D eigenvalue weighted by Crippen LogP contribution is 2.35. The van der Waals surface area contributed by atoms with Crippen molar-refractivity contribution in [2.24, 2.45) is 5.73 Å². The summed E-state index contributed by atoms with van der Waals surface area (Å²) >= 11 is 3.30. The van der Waals surface area contributed by atoms with E-state index >= 15 is 0 Å². The summed E-state index contributed by atoms with van der Waals surface area (Å²) in [5, 5.41) is 8.88. The monoisotopic (exact) mass is 466 g/mol. The van der Waals surface area contributed by atoms with Gasteiger partial charge >= 0.3 is 5.97 Å². The van der Waals surface area contributed by atoms with Crippen molar-refractivity contribution in [1.29, 1.82) is 0 Å². The molecule has 4 nitrogen and oxygen atoms in total. The number of fused-ring (bicyclic) bond motifs is 1. The molecule has 3 N–H and O–H groups in total. The molecule has 0 saturated heterocycles. The number of hydrogen-bond donors (Lipinski definition) is 2. The predicted molar refractivity (Wildman–Crippen MR) is 139 cm³/mol. The molecular formula is C26H30N2O2S2. The Hall–Kier alpha value is -2.41. The number of aryl methyl sites for hydroxylation is 1. The standard InChI is InChI=1S/C26H30N2O2S2/c1-19-9-3-6-12-25(19)32-20(2)17-24-22-11-5-4-10-21(22)13-15-28(24)14-7-8-16-31-18-23(27)26(29)30/h3-6,9-13,15,17,23H,2,7-8,14,16,18,27H2,1H3,(H,29,30). The molecular weight excluding hydrogens is 436 g/mol. The molecule has 1 heterocycles. The van der Waals surface area contributed by atoms with E-state index in [1.807, 2.05) is 0 Å². The number of unbranched alkanes of at least 4 members (excludes halogenated alkanes) is 1. The molecule has 0 aromatic heterocycles. The summed E-state index contributed by atoms with van der Waals surface area (Å²) in [7, 11) is 0. The number of rotatable bonds is 11. The number of carboxylic acid groups (broad SMARTS) is 1. The number of allylic oxidation sites excluding steroid dienone is 1. The van der Waals surface area contributed by atoms with Crippen LogP contribution in [0, 0.1) is 6.92 Å². The number of nitrogens with two attached hydrogens (primary N) is 1. The van der Waals surface area contributed by atoms with Gasteiger partial charge in [-0.25, -0.2) is 0 Å². The highest BCUT2D eigenvalue weighted by molar-refractivity contribution is 8.03. The van der Waals surface area contributed by atoms with Gasteiger partial charge in [-0.05, 0) is 54.9 Å². The van der Waals surface area contributed by atoms with E-state index in [4.69, 9.17) is 10.8 Å². The molecule has 1 atom stereocenters. The summed E-state index contributed by atoms with van der Waals surface area (Å²) in [5.41, 5.74) is 10.4. The molecule has 3 rings (SSSR count). The van der Waals surface area contributed by atoms with Crippen molar-refractivity contribution < 1.29 is 9.90 Å². The fourth-order valence-corrected chi connectivity index (χ4v) is 5.20. The second kappa shape index (κ2) is 12.0. The molecule has 1 unspecified atom stereocenters. The Kier molecular flexibility index (Phi) is 9.09. The van der Waals surface area contributed by atoms with Gasteiger partial charge in [0.1, 0.15) is 6.04 Å². The van der Waals surface area contributed by atoms with Crippen LogP contribution in [0.2, 0.25) is 0 Å². The van der Waals surface area contributed by atoms with Gasteiger partial charge in [0, 0.05) is 39.6 Å². The maximum Gasteiger partial charge on any atom is 0.321 e. The average molecular weight is 467 g/mol. The van der Waals surface area contributed by atoms with Crippen molar-refractivity contribution in [3.63, 3.8) is 0 Å². The number of carbonyl (C=O) groups is 1. The zero-order valence-corrected chi connectivity index (χ0v) is 20.0. The molecule has 1 aliphatic rings. The minimum absolute atomic E-state index is 0.452. The Labute approximate surface area is 199 Å². The van der Waals surface area contributed by atoms with Crippen LogP contribution in [0.15, 0.2) is 77.2 Å². The van der Waals surface area contributed by atoms with Gasteiger partial charge in [0.05, 0.1) is 0 Å². The smallest absolute Gasteiger partial charge is 0.321 e. The number of thioether (sulfide) groups is 2. The van der Waals surface area contributed by atoms with Gasteiger partial charge < -0.3 is 15.7 Å². The normalized spacial score (nSPS) is 14.9. The number of carboxylic acids is 1. The van der Waals surface area contributed by atoms with E-state index in [-0.39, 0.29) is 0 Å². The third kappa shape index (κ3) is 6.79. The number of benzene rings is 2. The van der Waals surface area contributed by atoms with Crippen LogP contribution in [-0.4, -0.2) is 40.1 Å². The molecule has 0 aliphatic carbocycles. The Morgan fingerprint density at radius 1 is 1.19 bits per heavy atom. The maximum absolute atomic E-state index is 10.8. The van der Waals surface area contributed by atoms with E-state index in [9.17, 15) is 4.79 Å². The van der Waals surface area contributed by atoms with Gasteiger partial charge in [0.25, 0.3) is 0 Å². The van der Waals surface area contributed by atoms with Gasteiger partial charge in [-0.3, -0.25) is 4.79 Å². The van der Waals surface area contributed by atoms with Crippen LogP contribution in [-0.2, 0) is 4.79 Å². The zero-order chi connectivity index (χ0) is 22.9. The van der Waals surface area contributed by atoms with Gasteiger partial charge in [-0.15, -0.1) is 0 Å². The Balaban J connectivity index is 1.64. The molecule has 168 valence electrons. The van der Waals surface area contributed by atoms with Crippen LogP contribution in [0.5, 0.6) is 0 Å². The summed E-state index contributed by atoms with van der Waals surface area (Å²) in [6, 6.07) is 16.0. The average Bonchev–Trinajstić information content (AvgIpc) is 2.78. The molecule has 0 bridgehead atoms. The first-order chi connectivity index (χ1) is 15.5. The van der Waals surface area contributed by atoms with Crippen LogP contribution in [0.4, 0.5) is 0 Å². The largest absolute Gasteiger partial charge is 0.480 e. The van der Waals surface area contributed by atoms with Crippen molar-refractivity contribution in [2.75, 3.05) is 18.1 Å². The van der Waals surface area contributed by atoms with Crippen LogP contribution >= 0.6 is 23.5 Å². The van der Waals surface area contributed by atoms with Crippen molar-refractivity contribution in [2.45, 2.75) is 30.7 Å². The lowest BCUT2D eigenvalue weighted by Gasteiger charge is -2.29. The van der Waals surface area contributed by atoms with Crippen LogP contribution in [0.25, 0.3) is 11.8 Å². The van der Waals surface area contributed by atoms with E-state index < -0.39 is 12.0 Å². The minimum Gasteiger partial charge on any atom is -0.480 e. The first-order valence-corrected chi connectivity index (χ1v) is 12.7. The number of hydrogen-bond acceptors (Lipinski definition) is 5. The molecule has 0 spiro atoms. The summed E-state index contributed by atoms with van der Waals surface area (Å²) < 4.78 is 0. The first kappa shape index (κ1) is 24.2. The second-order valence-electron chi connectivity index (χ2n) is 7.69. The van der Waals surface area contributed by atoms with Crippen LogP contribution in [0.3, 0.4) is 0 Å². The number of aliphatic carboxylic acids is 1. The SMILES string of the molecule is C=C(C=C1c2ccccc2C=CN1CCCCSCC(N)C(=O)O)Sc1ccccc1C. The quantitative estimate of drug-likeness (QED) is 0.320. The second-order valence-corrected chi connectivity index (χ2v) is 10.0. The van der Waals surface area contributed by atoms with Crippen molar-refractivity contribution in [3.05, 3.63) is 89.0 Å². The lowest BCUT2D eigenvalue weighted by molar-refractivity contribution is -0.137. The van der Waals surface area contributed by atoms with Crippen LogP contribution < -0.4 is 5.73 Å². The summed E-state index contributed by atoms with van der Waals surface area (Å²) in [5.74, 6) is 0.422. The summed E-state index contributed by atoms with van der Waals surface area (Å²) in [6.45, 7) is 7.33. The Morgan fingerprint density at radius 3 is 2.72 bits per heavy atom. The fraction of sp³-hybridized carbons (Fsp3) is 0.269. The van der Waals surface area contributed by atoms with Gasteiger partial charge in [-0.1, -0.05) is 60.8 Å². The van der Waals surface area contributed by atoms with Gasteiger partial charge in [0.2, 0.25) is 0 Å². The summed E-state index contributed by atoms with van der Waals surface area (Å²) in [4.78, 5) is 15.3. The fourth-order valence-electron chi connectivity index (χ4n) is 3.40. The lowest BCUT2D eigenvalue weighted by Crippen LogP contribution is -2.32. The Morgan fingerprint density at radius 2 is 1.94 bits per heavy atom. The molecule has 0 radical (unpaired) electrons. The highest BCUT2D eigenvalue weighted by Gasteiger charge is 2.17. The molecule has 2 aromatic carbocycles. The molecule has 6 heteroatoms. The molecule has 0 fully saturated rings. The minimum atomic E-state index is -0.937. The van der Waals surface area contributed by atoms with E-state index in [0.29, 0.717) is 5.75 Å². The van der Waals surface area contributed by atoms with Crippen molar-refractivity contribution >= 4 is 41.3 Å². The van der Waals surface area contributed by atoms with E-state index in [1.165, 1.54) is 21.6 Å². The topological polar surface area (TPSA) is 66.6 Å². The van der Waals surface area contributed by atoms with Gasteiger partial charge in [-0.2, -0.15) is 11.8 Å². The third-order valence-corrected chi connectivity index (χ3v) is 7.40. The van der Waals surface area contributed by atoms with Crippen molar-refractivity contribution in [3.8, 4) is 0 Å². The highest BCUT2D eigenvalue weighted by atomic mass is 32.2. The summed E-state index contributed by atoms with van der Waals surface area (Å²) in [6.07, 6.45) is 8.50. The Bertz CT molecular complexity index is 1020. The van der Waals surface area contributed by atoms with E-state index in [1.54, 1.807) is 23.5 Å². The number of nitrogens with zero attached hydrogens (tertiary/aromatic N) is 1. The van der Waals surface area contributed by atoms with Crippen LogP contribution in [0.1, 0.15) is 29.5 Å². The van der Waals surface area contributed by atoms with Crippen molar-refractivity contribution in [1.82, 2.24) is 4.90 Å². The molecule has 32 heavy (non-hydrogen) atoms. The van der Waals surface area contributed by atoms with Gasteiger partial charge in [0.15, 0.2) is 0 Å². The maximum atomic E-state index is 10.8. The predicted octanol–water partition coefficient (Wildman–Crippen LogP) is 5.85. The third-order valence-electron chi connectivity index (χ3n) is 5.16. The molecule has 0 amide bonds. The molecule has 2 aromatic rings. The zero-order valence-electron chi connectivity index (χ0n) is 18.4. The molecule has 1 aliphatic heterocycles.